The zero-order valence-corrected chi connectivity index (χ0v) is 23.7. The lowest BCUT2D eigenvalue weighted by atomic mass is 10.0. The summed E-state index contributed by atoms with van der Waals surface area (Å²) in [4.78, 5) is 22.0. The SMILES string of the molecule is C[C@@H]1[C@@H]2C[C@@H](c3nc4ccc(-c5ccc6nc(-c7ccc8nc([C@@H]9C[C@H]%10[C@@H](C)[C@H]%10N9)[nH]c8c7)ccc6c5)cc4[nH]3)N[C@H]12. The second-order valence-corrected chi connectivity index (χ2v) is 13.3. The molecule has 0 spiro atoms. The highest BCUT2D eigenvalue weighted by Gasteiger charge is 2.54. The molecule has 3 aromatic carbocycles. The van der Waals surface area contributed by atoms with Crippen LogP contribution in [-0.2, 0) is 0 Å². The Bertz CT molecular complexity index is 1880. The van der Waals surface area contributed by atoms with E-state index in [4.69, 9.17) is 15.0 Å². The van der Waals surface area contributed by atoms with Gasteiger partial charge in [0.25, 0.3) is 0 Å². The predicted molar refractivity (Wildman–Crippen MR) is 166 cm³/mol. The van der Waals surface area contributed by atoms with Crippen LogP contribution in [0.25, 0.3) is 55.4 Å². The van der Waals surface area contributed by atoms with Crippen molar-refractivity contribution in [3.63, 3.8) is 0 Å². The summed E-state index contributed by atoms with van der Waals surface area (Å²) in [6.07, 6.45) is 2.37. The van der Waals surface area contributed by atoms with Crippen molar-refractivity contribution in [2.75, 3.05) is 0 Å². The van der Waals surface area contributed by atoms with Gasteiger partial charge in [-0.1, -0.05) is 38.1 Å². The number of nitrogens with one attached hydrogen (secondary N) is 4. The summed E-state index contributed by atoms with van der Waals surface area (Å²) in [6, 6.07) is 25.9. The van der Waals surface area contributed by atoms with Crippen molar-refractivity contribution in [3.8, 4) is 22.4 Å². The predicted octanol–water partition coefficient (Wildman–Crippen LogP) is 6.66. The minimum Gasteiger partial charge on any atom is -0.341 e. The van der Waals surface area contributed by atoms with E-state index in [9.17, 15) is 0 Å². The van der Waals surface area contributed by atoms with Crippen LogP contribution in [0, 0.1) is 23.7 Å². The largest absolute Gasteiger partial charge is 0.341 e. The molecular formula is C35H33N7. The van der Waals surface area contributed by atoms with Gasteiger partial charge in [0.2, 0.25) is 0 Å². The van der Waals surface area contributed by atoms with Crippen molar-refractivity contribution in [1.29, 1.82) is 0 Å². The summed E-state index contributed by atoms with van der Waals surface area (Å²) in [5, 5.41) is 8.64. The van der Waals surface area contributed by atoms with Crippen molar-refractivity contribution in [3.05, 3.63) is 78.4 Å². The van der Waals surface area contributed by atoms with Crippen molar-refractivity contribution < 1.29 is 0 Å². The lowest BCUT2D eigenvalue weighted by Gasteiger charge is -2.11. The summed E-state index contributed by atoms with van der Waals surface area (Å²) in [7, 11) is 0. The molecular weight excluding hydrogens is 518 g/mol. The molecule has 7 nitrogen and oxygen atoms in total. The molecule has 208 valence electrons. The molecule has 2 aliphatic heterocycles. The molecule has 0 bridgehead atoms. The molecule has 4 N–H and O–H groups in total. The molecule has 5 heterocycles. The molecule has 2 aliphatic carbocycles. The third-order valence-electron chi connectivity index (χ3n) is 10.9. The zero-order valence-electron chi connectivity index (χ0n) is 23.7. The molecule has 2 saturated heterocycles. The number of aromatic amines is 2. The Morgan fingerprint density at radius 2 is 1.12 bits per heavy atom. The monoisotopic (exact) mass is 551 g/mol. The molecule has 8 atom stereocenters. The highest BCUT2D eigenvalue weighted by Crippen LogP contribution is 2.51. The van der Waals surface area contributed by atoms with Gasteiger partial charge in [-0.3, -0.25) is 0 Å². The van der Waals surface area contributed by atoms with Gasteiger partial charge < -0.3 is 20.6 Å². The summed E-state index contributed by atoms with van der Waals surface area (Å²) in [6.45, 7) is 4.68. The average Bonchev–Trinajstić information content (AvgIpc) is 3.54. The van der Waals surface area contributed by atoms with E-state index in [1.165, 1.54) is 24.0 Å². The summed E-state index contributed by atoms with van der Waals surface area (Å²) in [5.74, 6) is 5.40. The maximum absolute atomic E-state index is 5.04. The quantitative estimate of drug-likeness (QED) is 0.197. The first-order valence-corrected chi connectivity index (χ1v) is 15.5. The molecule has 42 heavy (non-hydrogen) atoms. The Labute approximate surface area is 243 Å². The normalized spacial score (nSPS) is 31.2. The minimum atomic E-state index is 0.342. The van der Waals surface area contributed by atoms with E-state index in [0.29, 0.717) is 24.2 Å². The Hall–Kier alpha value is -4.07. The van der Waals surface area contributed by atoms with Crippen LogP contribution in [0.2, 0.25) is 0 Å². The number of nitrogens with zero attached hydrogens (tertiary/aromatic N) is 3. The van der Waals surface area contributed by atoms with Gasteiger partial charge in [0.1, 0.15) is 11.6 Å². The maximum Gasteiger partial charge on any atom is 0.124 e. The number of imidazole rings is 2. The van der Waals surface area contributed by atoms with Gasteiger partial charge in [0.05, 0.1) is 45.4 Å². The number of hydrogen-bond acceptors (Lipinski definition) is 5. The van der Waals surface area contributed by atoms with E-state index in [2.05, 4.69) is 101 Å². The molecule has 7 heteroatoms. The van der Waals surface area contributed by atoms with Crippen LogP contribution in [0.15, 0.2) is 66.7 Å². The average molecular weight is 552 g/mol. The minimum absolute atomic E-state index is 0.342. The lowest BCUT2D eigenvalue weighted by molar-refractivity contribution is 0.499. The van der Waals surface area contributed by atoms with Crippen LogP contribution in [0.5, 0.6) is 0 Å². The molecule has 0 radical (unpaired) electrons. The van der Waals surface area contributed by atoms with Gasteiger partial charge in [0.15, 0.2) is 0 Å². The van der Waals surface area contributed by atoms with Crippen molar-refractivity contribution in [2.45, 2.75) is 50.9 Å². The van der Waals surface area contributed by atoms with Crippen LogP contribution in [0.1, 0.15) is 50.4 Å². The fourth-order valence-corrected chi connectivity index (χ4v) is 8.08. The second-order valence-electron chi connectivity index (χ2n) is 13.3. The fraction of sp³-hybridized carbons (Fsp3) is 0.343. The molecule has 4 fully saturated rings. The summed E-state index contributed by atoms with van der Waals surface area (Å²) >= 11 is 0. The first-order chi connectivity index (χ1) is 20.6. The number of H-pyrrole nitrogens is 2. The number of piperidine rings is 2. The van der Waals surface area contributed by atoms with Crippen LogP contribution >= 0.6 is 0 Å². The van der Waals surface area contributed by atoms with Gasteiger partial charge in [-0.25, -0.2) is 15.0 Å². The summed E-state index contributed by atoms with van der Waals surface area (Å²) in [5.41, 5.74) is 9.65. The molecule has 0 amide bonds. The number of benzene rings is 3. The number of rotatable bonds is 4. The highest BCUT2D eigenvalue weighted by molar-refractivity contribution is 5.89. The van der Waals surface area contributed by atoms with E-state index in [1.54, 1.807) is 0 Å². The highest BCUT2D eigenvalue weighted by atomic mass is 15.1. The standard InChI is InChI=1S/C35H33N7/c1-16-22-14-30(37-32(16)22)34-39-26-9-4-19(12-28(26)41-34)18-3-7-24-20(11-18)5-8-25(36-24)21-6-10-27-29(13-21)42-35(40-27)31-15-23-17(2)33(23)38-31/h3-13,16-17,22-23,30-33,37-38H,14-15H2,1-2H3,(H,39,41)(H,40,42)/t16-,17-,22+,23+,30+,31+,32-,33-/m1/s1. The Morgan fingerprint density at radius 3 is 1.71 bits per heavy atom. The number of pyridine rings is 1. The van der Waals surface area contributed by atoms with E-state index in [-0.39, 0.29) is 0 Å². The van der Waals surface area contributed by atoms with Crippen LogP contribution < -0.4 is 10.6 Å². The number of aromatic nitrogens is 5. The second kappa shape index (κ2) is 8.27. The smallest absolute Gasteiger partial charge is 0.124 e. The van der Waals surface area contributed by atoms with Crippen LogP contribution in [-0.4, -0.2) is 37.0 Å². The first kappa shape index (κ1) is 23.5. The molecule has 0 unspecified atom stereocenters. The maximum atomic E-state index is 5.04. The fourth-order valence-electron chi connectivity index (χ4n) is 8.08. The topological polar surface area (TPSA) is 94.3 Å². The van der Waals surface area contributed by atoms with E-state index in [0.717, 1.165) is 79.5 Å². The van der Waals surface area contributed by atoms with E-state index in [1.807, 2.05) is 0 Å². The van der Waals surface area contributed by atoms with Crippen LogP contribution in [0.3, 0.4) is 0 Å². The van der Waals surface area contributed by atoms with Crippen molar-refractivity contribution in [2.24, 2.45) is 23.7 Å². The van der Waals surface area contributed by atoms with Gasteiger partial charge in [0, 0.05) is 23.0 Å². The van der Waals surface area contributed by atoms with Gasteiger partial charge >= 0.3 is 0 Å². The molecule has 3 aromatic heterocycles. The van der Waals surface area contributed by atoms with Gasteiger partial charge in [-0.2, -0.15) is 0 Å². The zero-order chi connectivity index (χ0) is 27.7. The Kier molecular flexibility index (Phi) is 4.62. The van der Waals surface area contributed by atoms with Gasteiger partial charge in [-0.15, -0.1) is 0 Å². The van der Waals surface area contributed by atoms with Crippen molar-refractivity contribution >= 4 is 33.0 Å². The van der Waals surface area contributed by atoms with Gasteiger partial charge in [-0.05, 0) is 90.1 Å². The summed E-state index contributed by atoms with van der Waals surface area (Å²) < 4.78 is 0. The number of fused-ring (bicyclic) bond motifs is 5. The molecule has 10 rings (SSSR count). The first-order valence-electron chi connectivity index (χ1n) is 15.5. The Morgan fingerprint density at radius 1 is 0.571 bits per heavy atom. The molecule has 2 saturated carbocycles. The van der Waals surface area contributed by atoms with E-state index >= 15 is 0 Å². The molecule has 6 aromatic rings. The number of hydrogen-bond donors (Lipinski definition) is 4. The third-order valence-corrected chi connectivity index (χ3v) is 10.9. The Balaban J connectivity index is 0.919. The van der Waals surface area contributed by atoms with Crippen LogP contribution in [0.4, 0.5) is 0 Å². The third kappa shape index (κ3) is 3.50. The van der Waals surface area contributed by atoms with Crippen molar-refractivity contribution in [1.82, 2.24) is 35.6 Å². The molecule has 4 aliphatic rings. The lowest BCUT2D eigenvalue weighted by Crippen LogP contribution is -2.20. The van der Waals surface area contributed by atoms with E-state index < -0.39 is 0 Å².